The van der Waals surface area contributed by atoms with Gasteiger partial charge in [-0.3, -0.25) is 0 Å². The maximum Gasteiger partial charge on any atom is 0.246 e. The first-order valence-electron chi connectivity index (χ1n) is 8.41. The molecule has 0 unspecified atom stereocenters. The fourth-order valence-corrected chi connectivity index (χ4v) is 7.00. The first-order chi connectivity index (χ1) is 10.4. The minimum absolute atomic E-state index is 0.299. The van der Waals surface area contributed by atoms with Gasteiger partial charge in [0.25, 0.3) is 0 Å². The summed E-state index contributed by atoms with van der Waals surface area (Å²) in [5.41, 5.74) is 0. The summed E-state index contributed by atoms with van der Waals surface area (Å²) in [6.45, 7) is 4.27. The van der Waals surface area contributed by atoms with Crippen LogP contribution in [0, 0.1) is 0 Å². The van der Waals surface area contributed by atoms with Crippen LogP contribution in [0.5, 0.6) is 0 Å². The van der Waals surface area contributed by atoms with Crippen molar-refractivity contribution in [3.63, 3.8) is 0 Å². The van der Waals surface area contributed by atoms with Gasteiger partial charge in [-0.1, -0.05) is 56.5 Å². The highest BCUT2D eigenvalue weighted by Gasteiger charge is 2.18. The molecule has 2 heterocycles. The second-order valence-electron chi connectivity index (χ2n) is 5.69. The smallest absolute Gasteiger partial charge is 0.246 e. The molecule has 2 fully saturated rings. The van der Waals surface area contributed by atoms with Crippen molar-refractivity contribution in [3.05, 3.63) is 30.3 Å². The molecule has 0 spiro atoms. The fraction of sp³-hybridized carbons (Fsp3) is 0.647. The number of hydrogen-bond acceptors (Lipinski definition) is 2. The Bertz CT molecular complexity index is 358. The van der Waals surface area contributed by atoms with E-state index in [9.17, 15) is 0 Å². The van der Waals surface area contributed by atoms with Crippen molar-refractivity contribution >= 4 is 23.3 Å². The van der Waals surface area contributed by atoms with Gasteiger partial charge in [0, 0.05) is 13.2 Å². The van der Waals surface area contributed by atoms with Crippen LogP contribution in [-0.4, -0.2) is 31.3 Å². The summed E-state index contributed by atoms with van der Waals surface area (Å²) in [4.78, 5) is 0. The zero-order valence-corrected chi connectivity index (χ0v) is 15.3. The zero-order valence-electron chi connectivity index (χ0n) is 13.3. The largest absolute Gasteiger partial charge is 0.417 e. The van der Waals surface area contributed by atoms with Gasteiger partial charge in [-0.25, -0.2) is 0 Å². The first-order valence-corrected chi connectivity index (χ1v) is 11.9. The standard InChI is InChI=1S/C10H13OSi.C7H15OSi/c1-2-6-10(7-3-1)12-9-5-4-8-11-12;1-2-6-9-7-4-3-5-8-9/h1-3,6-7H,4-5,8-9H2;2-7H2,1H3. The molecular formula is C17H28O2Si2. The van der Waals surface area contributed by atoms with Gasteiger partial charge in [-0.05, 0) is 36.2 Å². The Kier molecular flexibility index (Phi) is 8.33. The normalized spacial score (nSPS) is 20.6. The Labute approximate surface area is 133 Å². The predicted molar refractivity (Wildman–Crippen MR) is 92.7 cm³/mol. The predicted octanol–water partition coefficient (Wildman–Crippen LogP) is 3.89. The lowest BCUT2D eigenvalue weighted by molar-refractivity contribution is 0.286. The van der Waals surface area contributed by atoms with Crippen molar-refractivity contribution < 1.29 is 8.85 Å². The molecule has 21 heavy (non-hydrogen) atoms. The molecule has 2 saturated heterocycles. The van der Waals surface area contributed by atoms with Gasteiger partial charge in [0.15, 0.2) is 0 Å². The van der Waals surface area contributed by atoms with E-state index in [0.29, 0.717) is 0 Å². The third kappa shape index (κ3) is 6.47. The second-order valence-corrected chi connectivity index (χ2v) is 10.3. The molecule has 1 aromatic rings. The molecule has 2 aliphatic heterocycles. The van der Waals surface area contributed by atoms with Crippen LogP contribution in [0.25, 0.3) is 0 Å². The molecular weight excluding hydrogens is 292 g/mol. The SMILES string of the molecule is CCC[Si]1CCCCO1.c1ccc([Si]2CCCCO2)cc1. The third-order valence-corrected chi connectivity index (χ3v) is 8.77. The minimum atomic E-state index is -0.626. The Morgan fingerprint density at radius 2 is 1.62 bits per heavy atom. The minimum Gasteiger partial charge on any atom is -0.417 e. The van der Waals surface area contributed by atoms with E-state index in [4.69, 9.17) is 8.85 Å². The molecule has 116 valence electrons. The van der Waals surface area contributed by atoms with Gasteiger partial charge in [0.1, 0.15) is 0 Å². The highest BCUT2D eigenvalue weighted by Crippen LogP contribution is 2.14. The molecule has 3 rings (SSSR count). The Balaban J connectivity index is 0.000000161. The summed E-state index contributed by atoms with van der Waals surface area (Å²) >= 11 is 0. The Morgan fingerprint density at radius 3 is 2.19 bits per heavy atom. The summed E-state index contributed by atoms with van der Waals surface area (Å²) in [6, 6.07) is 14.7. The molecule has 0 aliphatic carbocycles. The summed E-state index contributed by atoms with van der Waals surface area (Å²) in [5, 5.41) is 1.43. The lowest BCUT2D eigenvalue weighted by Crippen LogP contribution is -2.36. The molecule has 1 aromatic carbocycles. The average molecular weight is 321 g/mol. The van der Waals surface area contributed by atoms with Crippen LogP contribution in [0.2, 0.25) is 18.1 Å². The fourth-order valence-electron chi connectivity index (χ4n) is 2.70. The van der Waals surface area contributed by atoms with Crippen LogP contribution in [0.1, 0.15) is 39.0 Å². The van der Waals surface area contributed by atoms with Crippen LogP contribution in [-0.2, 0) is 8.85 Å². The maximum absolute atomic E-state index is 5.77. The van der Waals surface area contributed by atoms with Crippen LogP contribution in [0.3, 0.4) is 0 Å². The number of rotatable bonds is 3. The van der Waals surface area contributed by atoms with E-state index in [2.05, 4.69) is 37.3 Å². The molecule has 0 atom stereocenters. The van der Waals surface area contributed by atoms with Gasteiger partial charge in [0.2, 0.25) is 18.1 Å². The highest BCUT2D eigenvalue weighted by molar-refractivity contribution is 6.67. The molecule has 0 bridgehead atoms. The topological polar surface area (TPSA) is 18.5 Å². The van der Waals surface area contributed by atoms with E-state index in [-0.39, 0.29) is 9.04 Å². The quantitative estimate of drug-likeness (QED) is 0.787. The van der Waals surface area contributed by atoms with E-state index in [1.54, 1.807) is 0 Å². The average Bonchev–Trinajstić information content (AvgIpc) is 2.58. The molecule has 4 heteroatoms. The van der Waals surface area contributed by atoms with E-state index < -0.39 is 9.04 Å². The van der Waals surface area contributed by atoms with Crippen molar-refractivity contribution in [2.75, 3.05) is 13.2 Å². The molecule has 0 N–H and O–H groups in total. The van der Waals surface area contributed by atoms with Crippen LogP contribution in [0.4, 0.5) is 0 Å². The third-order valence-electron chi connectivity index (χ3n) is 3.86. The van der Waals surface area contributed by atoms with E-state index in [1.165, 1.54) is 55.4 Å². The summed E-state index contributed by atoms with van der Waals surface area (Å²) in [5.74, 6) is 0. The highest BCUT2D eigenvalue weighted by atomic mass is 28.3. The van der Waals surface area contributed by atoms with Gasteiger partial charge < -0.3 is 8.85 Å². The number of hydrogen-bond donors (Lipinski definition) is 0. The van der Waals surface area contributed by atoms with Crippen LogP contribution in [0.15, 0.2) is 30.3 Å². The monoisotopic (exact) mass is 320 g/mol. The number of benzene rings is 1. The lowest BCUT2D eigenvalue weighted by atomic mass is 10.3. The van der Waals surface area contributed by atoms with Crippen molar-refractivity contribution in [1.29, 1.82) is 0 Å². The summed E-state index contributed by atoms with van der Waals surface area (Å²) in [6.07, 6.45) is 6.64. The van der Waals surface area contributed by atoms with Crippen molar-refractivity contribution in [2.45, 2.75) is 57.2 Å². The Hall–Kier alpha value is -0.426. The molecule has 2 aliphatic rings. The van der Waals surface area contributed by atoms with Crippen molar-refractivity contribution in [1.82, 2.24) is 0 Å². The van der Waals surface area contributed by atoms with Gasteiger partial charge >= 0.3 is 0 Å². The molecule has 0 saturated carbocycles. The maximum atomic E-state index is 5.77. The van der Waals surface area contributed by atoms with E-state index in [1.807, 2.05) is 0 Å². The van der Waals surface area contributed by atoms with Gasteiger partial charge in [-0.15, -0.1) is 0 Å². The second kappa shape index (κ2) is 10.3. The Morgan fingerprint density at radius 1 is 0.905 bits per heavy atom. The molecule has 2 nitrogen and oxygen atoms in total. The van der Waals surface area contributed by atoms with Crippen LogP contribution < -0.4 is 5.19 Å². The van der Waals surface area contributed by atoms with Crippen molar-refractivity contribution in [2.24, 2.45) is 0 Å². The van der Waals surface area contributed by atoms with E-state index >= 15 is 0 Å². The zero-order chi connectivity index (χ0) is 14.8. The molecule has 0 amide bonds. The van der Waals surface area contributed by atoms with E-state index in [0.717, 1.165) is 13.2 Å². The van der Waals surface area contributed by atoms with Gasteiger partial charge in [-0.2, -0.15) is 0 Å². The molecule has 0 aromatic heterocycles. The lowest BCUT2D eigenvalue weighted by Gasteiger charge is -2.20. The van der Waals surface area contributed by atoms with Gasteiger partial charge in [0.05, 0.1) is 0 Å². The summed E-state index contributed by atoms with van der Waals surface area (Å²) in [7, 11) is -0.925. The first kappa shape index (κ1) is 16.9. The molecule has 2 radical (unpaired) electrons. The van der Waals surface area contributed by atoms with Crippen LogP contribution >= 0.6 is 0 Å². The van der Waals surface area contributed by atoms with Crippen molar-refractivity contribution in [3.8, 4) is 0 Å². The summed E-state index contributed by atoms with van der Waals surface area (Å²) < 4.78 is 11.4.